The number of hydrogen-bond acceptors (Lipinski definition) is 6. The van der Waals surface area contributed by atoms with Gasteiger partial charge in [-0.25, -0.2) is 0 Å². The number of aliphatic hydroxyl groups excluding tert-OH is 1. The molecule has 0 aliphatic heterocycles. The van der Waals surface area contributed by atoms with E-state index in [1.807, 2.05) is 0 Å². The smallest absolute Gasteiger partial charge is 0.352 e. The van der Waals surface area contributed by atoms with Crippen LogP contribution in [0.4, 0.5) is 11.4 Å². The Morgan fingerprint density at radius 2 is 1.89 bits per heavy atom. The minimum Gasteiger partial charge on any atom is -0.383 e. The number of nitro benzene ring substituents is 2. The molecule has 0 heterocycles. The Bertz CT molecular complexity index is 581. The summed E-state index contributed by atoms with van der Waals surface area (Å²) in [4.78, 5) is 30.9. The molecule has 8 nitrogen and oxygen atoms in total. The summed E-state index contributed by atoms with van der Waals surface area (Å²) < 4.78 is 0. The van der Waals surface area contributed by atoms with Crippen molar-refractivity contribution in [2.75, 3.05) is 0 Å². The fourth-order valence-electron chi connectivity index (χ4n) is 1.50. The largest absolute Gasteiger partial charge is 0.383 e. The van der Waals surface area contributed by atoms with Crippen LogP contribution in [0.2, 0.25) is 0 Å². The topological polar surface area (TPSA) is 124 Å². The van der Waals surface area contributed by atoms with Crippen LogP contribution in [0.5, 0.6) is 0 Å². The summed E-state index contributed by atoms with van der Waals surface area (Å²) in [6.07, 6.45) is -1.65. The Kier molecular flexibility index (Phi) is 4.07. The first kappa shape index (κ1) is 14.5. The molecule has 0 aliphatic rings. The van der Waals surface area contributed by atoms with E-state index >= 15 is 0 Å². The van der Waals surface area contributed by atoms with E-state index in [9.17, 15) is 30.1 Å². The van der Waals surface area contributed by atoms with Gasteiger partial charge >= 0.3 is 11.4 Å². The van der Waals surface area contributed by atoms with Crippen LogP contribution in [0.25, 0.3) is 0 Å². The normalized spacial score (nSPS) is 11.7. The number of hydrogen-bond donors (Lipinski definition) is 1. The molecular formula is C11H10N2O6. The Hall–Kier alpha value is -2.61. The molecule has 0 bridgehead atoms. The summed E-state index contributed by atoms with van der Waals surface area (Å²) in [5, 5.41) is 31.5. The zero-order valence-electron chi connectivity index (χ0n) is 9.90. The van der Waals surface area contributed by atoms with E-state index in [4.69, 9.17) is 0 Å². The number of nitrogens with zero attached hydrogens (tertiary/aromatic N) is 2. The summed E-state index contributed by atoms with van der Waals surface area (Å²) >= 11 is 0. The SMILES string of the molecule is C=C(C(C)=O)C(O)c1cccc([N+](=O)[O-])c1[N+](=O)[O-]. The molecular weight excluding hydrogens is 256 g/mol. The van der Waals surface area contributed by atoms with Crippen molar-refractivity contribution in [3.63, 3.8) is 0 Å². The highest BCUT2D eigenvalue weighted by Crippen LogP contribution is 2.36. The summed E-state index contributed by atoms with van der Waals surface area (Å²) in [6, 6.07) is 3.28. The van der Waals surface area contributed by atoms with Crippen molar-refractivity contribution in [2.24, 2.45) is 0 Å². The molecule has 1 aromatic carbocycles. The van der Waals surface area contributed by atoms with Crippen LogP contribution in [-0.2, 0) is 4.79 Å². The van der Waals surface area contributed by atoms with Gasteiger partial charge in [-0.2, -0.15) is 0 Å². The van der Waals surface area contributed by atoms with Crippen LogP contribution < -0.4 is 0 Å². The van der Waals surface area contributed by atoms with Crippen molar-refractivity contribution >= 4 is 17.2 Å². The lowest BCUT2D eigenvalue weighted by Gasteiger charge is -2.11. The second kappa shape index (κ2) is 5.36. The fourth-order valence-corrected chi connectivity index (χ4v) is 1.50. The number of Topliss-reactive ketones (excluding diaryl/α,β-unsaturated/α-hetero) is 1. The second-order valence-electron chi connectivity index (χ2n) is 3.71. The molecule has 0 saturated heterocycles. The van der Waals surface area contributed by atoms with Crippen molar-refractivity contribution in [3.8, 4) is 0 Å². The van der Waals surface area contributed by atoms with Crippen LogP contribution in [0.1, 0.15) is 18.6 Å². The Balaban J connectivity index is 3.48. The average Bonchev–Trinajstić information content (AvgIpc) is 2.35. The first-order chi connectivity index (χ1) is 8.77. The number of benzene rings is 1. The lowest BCUT2D eigenvalue weighted by atomic mass is 9.98. The van der Waals surface area contributed by atoms with Crippen LogP contribution in [0.15, 0.2) is 30.4 Å². The third-order valence-electron chi connectivity index (χ3n) is 2.50. The second-order valence-corrected chi connectivity index (χ2v) is 3.71. The Morgan fingerprint density at radius 1 is 1.32 bits per heavy atom. The van der Waals surface area contributed by atoms with Crippen molar-refractivity contribution in [3.05, 3.63) is 56.1 Å². The van der Waals surface area contributed by atoms with Gasteiger partial charge in [-0.05, 0) is 13.0 Å². The van der Waals surface area contributed by atoms with Gasteiger partial charge in [0.1, 0.15) is 6.10 Å². The molecule has 8 heteroatoms. The predicted octanol–water partition coefficient (Wildman–Crippen LogP) is 1.68. The van der Waals surface area contributed by atoms with Gasteiger partial charge in [0.05, 0.1) is 15.4 Å². The van der Waals surface area contributed by atoms with Gasteiger partial charge in [0.15, 0.2) is 5.78 Å². The highest BCUT2D eigenvalue weighted by Gasteiger charge is 2.32. The Morgan fingerprint density at radius 3 is 2.32 bits per heavy atom. The number of nitro groups is 2. The molecule has 1 N–H and O–H groups in total. The predicted molar refractivity (Wildman–Crippen MR) is 64.5 cm³/mol. The molecule has 1 aromatic rings. The fraction of sp³-hybridized carbons (Fsp3) is 0.182. The van der Waals surface area contributed by atoms with Gasteiger partial charge in [-0.15, -0.1) is 0 Å². The number of aliphatic hydroxyl groups is 1. The van der Waals surface area contributed by atoms with Gasteiger partial charge in [-0.1, -0.05) is 12.6 Å². The number of para-hydroxylation sites is 1. The molecule has 0 saturated carbocycles. The van der Waals surface area contributed by atoms with Crippen molar-refractivity contribution in [1.82, 2.24) is 0 Å². The zero-order valence-corrected chi connectivity index (χ0v) is 9.90. The molecule has 1 rings (SSSR count). The van der Waals surface area contributed by atoms with Crippen LogP contribution in [-0.4, -0.2) is 20.7 Å². The maximum Gasteiger partial charge on any atom is 0.352 e. The average molecular weight is 266 g/mol. The van der Waals surface area contributed by atoms with E-state index in [1.54, 1.807) is 0 Å². The van der Waals surface area contributed by atoms with Crippen LogP contribution in [0.3, 0.4) is 0 Å². The van der Waals surface area contributed by atoms with E-state index in [0.29, 0.717) is 0 Å². The molecule has 0 radical (unpaired) electrons. The third kappa shape index (κ3) is 2.80. The van der Waals surface area contributed by atoms with E-state index in [0.717, 1.165) is 19.1 Å². The van der Waals surface area contributed by atoms with E-state index in [2.05, 4.69) is 6.58 Å². The molecule has 0 spiro atoms. The standard InChI is InChI=1S/C11H10N2O6/c1-6(7(2)14)11(15)8-4-3-5-9(12(16)17)10(8)13(18)19/h3-5,11,15H,1H2,2H3. The van der Waals surface area contributed by atoms with E-state index in [-0.39, 0.29) is 11.1 Å². The molecule has 0 fully saturated rings. The third-order valence-corrected chi connectivity index (χ3v) is 2.50. The molecule has 0 aromatic heterocycles. The number of ketones is 1. The monoisotopic (exact) mass is 266 g/mol. The van der Waals surface area contributed by atoms with Crippen molar-refractivity contribution in [1.29, 1.82) is 0 Å². The Labute approximate surface area is 107 Å². The summed E-state index contributed by atoms with van der Waals surface area (Å²) in [7, 11) is 0. The molecule has 0 aliphatic carbocycles. The zero-order chi connectivity index (χ0) is 14.7. The minimum atomic E-state index is -1.65. The van der Waals surface area contributed by atoms with Gasteiger partial charge < -0.3 is 5.11 Å². The summed E-state index contributed by atoms with van der Waals surface area (Å²) in [6.45, 7) is 4.45. The summed E-state index contributed by atoms with van der Waals surface area (Å²) in [5.74, 6) is -0.562. The summed E-state index contributed by atoms with van der Waals surface area (Å²) in [5.41, 5.74) is -2.21. The highest BCUT2D eigenvalue weighted by atomic mass is 16.6. The number of rotatable bonds is 5. The maximum absolute atomic E-state index is 11.1. The quantitative estimate of drug-likeness (QED) is 0.491. The van der Waals surface area contributed by atoms with Gasteiger partial charge in [-0.3, -0.25) is 25.0 Å². The van der Waals surface area contributed by atoms with Crippen LogP contribution >= 0.6 is 0 Å². The number of carbonyl (C=O) groups is 1. The lowest BCUT2D eigenvalue weighted by Crippen LogP contribution is -2.10. The van der Waals surface area contributed by atoms with Gasteiger partial charge in [0.25, 0.3) is 0 Å². The molecule has 100 valence electrons. The molecule has 1 atom stereocenters. The first-order valence-corrected chi connectivity index (χ1v) is 5.06. The molecule has 1 unspecified atom stereocenters. The lowest BCUT2D eigenvalue weighted by molar-refractivity contribution is -0.423. The van der Waals surface area contributed by atoms with Crippen molar-refractivity contribution < 1.29 is 19.7 Å². The molecule has 0 amide bonds. The maximum atomic E-state index is 11.1. The van der Waals surface area contributed by atoms with Gasteiger partial charge in [0, 0.05) is 11.6 Å². The van der Waals surface area contributed by atoms with Gasteiger partial charge in [0.2, 0.25) is 0 Å². The molecule has 19 heavy (non-hydrogen) atoms. The first-order valence-electron chi connectivity index (χ1n) is 5.06. The number of carbonyl (C=O) groups excluding carboxylic acids is 1. The van der Waals surface area contributed by atoms with E-state index < -0.39 is 33.1 Å². The minimum absolute atomic E-state index is 0.274. The van der Waals surface area contributed by atoms with Crippen LogP contribution in [0, 0.1) is 20.2 Å². The van der Waals surface area contributed by atoms with Crippen molar-refractivity contribution in [2.45, 2.75) is 13.0 Å². The highest BCUT2D eigenvalue weighted by molar-refractivity contribution is 5.94. The van der Waals surface area contributed by atoms with E-state index in [1.165, 1.54) is 6.07 Å².